The molecule has 0 fully saturated rings. The van der Waals surface area contributed by atoms with E-state index in [4.69, 9.17) is 4.74 Å². The van der Waals surface area contributed by atoms with Gasteiger partial charge in [-0.25, -0.2) is 0 Å². The molecule has 1 aromatic heterocycles. The number of ether oxygens (including phenoxy) is 1. The van der Waals surface area contributed by atoms with Crippen LogP contribution in [0.25, 0.3) is 11.3 Å². The predicted octanol–water partition coefficient (Wildman–Crippen LogP) is 6.47. The second-order valence-corrected chi connectivity index (χ2v) is 9.12. The molecule has 0 N–H and O–H groups in total. The van der Waals surface area contributed by atoms with Crippen molar-refractivity contribution in [2.75, 3.05) is 13.7 Å². The van der Waals surface area contributed by atoms with E-state index in [-0.39, 0.29) is 0 Å². The summed E-state index contributed by atoms with van der Waals surface area (Å²) in [6, 6.07) is 32.4. The number of methoxy groups -OCH3 is 1. The van der Waals surface area contributed by atoms with Crippen LogP contribution in [0.4, 0.5) is 0 Å². The SMILES string of the molecule is COCc1c2c(n(Cc3ccccc3)c1-c1ccccc1)C(C)CN(Cc1ccccc1)C2. The molecule has 33 heavy (non-hydrogen) atoms. The molecule has 1 aliphatic rings. The van der Waals surface area contributed by atoms with E-state index in [0.29, 0.717) is 12.5 Å². The summed E-state index contributed by atoms with van der Waals surface area (Å²) in [4.78, 5) is 2.59. The van der Waals surface area contributed by atoms with E-state index < -0.39 is 0 Å². The van der Waals surface area contributed by atoms with E-state index >= 15 is 0 Å². The molecule has 5 rings (SSSR count). The number of aromatic nitrogens is 1. The van der Waals surface area contributed by atoms with Crippen molar-refractivity contribution in [3.63, 3.8) is 0 Å². The number of benzene rings is 3. The van der Waals surface area contributed by atoms with E-state index in [1.54, 1.807) is 0 Å². The van der Waals surface area contributed by atoms with Crippen molar-refractivity contribution >= 4 is 0 Å². The van der Waals surface area contributed by atoms with Crippen LogP contribution in [0.2, 0.25) is 0 Å². The maximum absolute atomic E-state index is 5.78. The first kappa shape index (κ1) is 21.7. The molecule has 1 atom stereocenters. The van der Waals surface area contributed by atoms with Gasteiger partial charge in [-0.15, -0.1) is 0 Å². The fourth-order valence-electron chi connectivity index (χ4n) is 5.36. The predicted molar refractivity (Wildman–Crippen MR) is 135 cm³/mol. The van der Waals surface area contributed by atoms with Gasteiger partial charge in [0.1, 0.15) is 0 Å². The summed E-state index contributed by atoms with van der Waals surface area (Å²) in [5.41, 5.74) is 9.51. The van der Waals surface area contributed by atoms with Crippen LogP contribution in [0, 0.1) is 0 Å². The molecule has 3 heteroatoms. The molecule has 168 valence electrons. The van der Waals surface area contributed by atoms with Gasteiger partial charge in [0.25, 0.3) is 0 Å². The maximum atomic E-state index is 5.78. The summed E-state index contributed by atoms with van der Waals surface area (Å²) in [5.74, 6) is 0.439. The van der Waals surface area contributed by atoms with Crippen LogP contribution in [0.3, 0.4) is 0 Å². The average Bonchev–Trinajstić information content (AvgIpc) is 3.14. The van der Waals surface area contributed by atoms with Crippen molar-refractivity contribution in [3.8, 4) is 11.3 Å². The molecule has 0 saturated heterocycles. The van der Waals surface area contributed by atoms with Gasteiger partial charge in [0.05, 0.1) is 12.3 Å². The molecule has 2 heterocycles. The van der Waals surface area contributed by atoms with Crippen LogP contribution >= 0.6 is 0 Å². The first-order valence-corrected chi connectivity index (χ1v) is 11.8. The number of hydrogen-bond acceptors (Lipinski definition) is 2. The summed E-state index contributed by atoms with van der Waals surface area (Å²) >= 11 is 0. The van der Waals surface area contributed by atoms with E-state index in [1.807, 2.05) is 7.11 Å². The molecule has 0 bridgehead atoms. The Morgan fingerprint density at radius 2 is 1.36 bits per heavy atom. The zero-order chi connectivity index (χ0) is 22.6. The van der Waals surface area contributed by atoms with Crippen LogP contribution in [0.15, 0.2) is 91.0 Å². The molecular weight excluding hydrogens is 404 g/mol. The smallest absolute Gasteiger partial charge is 0.0737 e. The lowest BCUT2D eigenvalue weighted by molar-refractivity contribution is 0.180. The number of hydrogen-bond donors (Lipinski definition) is 0. The number of rotatable bonds is 7. The highest BCUT2D eigenvalue weighted by molar-refractivity contribution is 5.68. The van der Waals surface area contributed by atoms with E-state index in [1.165, 1.54) is 39.2 Å². The minimum atomic E-state index is 0.439. The van der Waals surface area contributed by atoms with E-state index in [2.05, 4.69) is 107 Å². The zero-order valence-electron chi connectivity index (χ0n) is 19.6. The minimum Gasteiger partial charge on any atom is -0.380 e. The molecule has 0 amide bonds. The lowest BCUT2D eigenvalue weighted by Gasteiger charge is -2.33. The normalized spacial score (nSPS) is 16.0. The Labute approximate surface area is 197 Å². The molecular formula is C30H32N2O. The zero-order valence-corrected chi connectivity index (χ0v) is 19.6. The summed E-state index contributed by atoms with van der Waals surface area (Å²) < 4.78 is 8.34. The van der Waals surface area contributed by atoms with Gasteiger partial charge in [0, 0.05) is 50.5 Å². The molecule has 0 spiro atoms. The Bertz CT molecular complexity index is 1180. The van der Waals surface area contributed by atoms with Crippen molar-refractivity contribution in [2.24, 2.45) is 0 Å². The quantitative estimate of drug-likeness (QED) is 0.330. The molecule has 1 aliphatic heterocycles. The maximum Gasteiger partial charge on any atom is 0.0737 e. The van der Waals surface area contributed by atoms with Crippen molar-refractivity contribution in [1.29, 1.82) is 0 Å². The number of fused-ring (bicyclic) bond motifs is 1. The minimum absolute atomic E-state index is 0.439. The van der Waals surface area contributed by atoms with E-state index in [9.17, 15) is 0 Å². The Hall–Kier alpha value is -3.14. The van der Waals surface area contributed by atoms with Crippen LogP contribution in [-0.4, -0.2) is 23.1 Å². The lowest BCUT2D eigenvalue weighted by Crippen LogP contribution is -2.33. The monoisotopic (exact) mass is 436 g/mol. The fraction of sp³-hybridized carbons (Fsp3) is 0.267. The van der Waals surface area contributed by atoms with Gasteiger partial charge in [-0.2, -0.15) is 0 Å². The molecule has 3 nitrogen and oxygen atoms in total. The molecule has 0 saturated carbocycles. The third-order valence-electron chi connectivity index (χ3n) is 6.67. The number of nitrogens with zero attached hydrogens (tertiary/aromatic N) is 2. The standard InChI is InChI=1S/C30H32N2O/c1-23-18-31(19-24-12-6-3-7-13-24)21-27-28(22-33-2)30(26-16-10-5-11-17-26)32(29(23)27)20-25-14-8-4-9-15-25/h3-17,23H,18-22H2,1-2H3. The highest BCUT2D eigenvalue weighted by Gasteiger charge is 2.32. The van der Waals surface area contributed by atoms with Gasteiger partial charge in [-0.1, -0.05) is 97.9 Å². The van der Waals surface area contributed by atoms with Gasteiger partial charge in [0.15, 0.2) is 0 Å². The Morgan fingerprint density at radius 3 is 1.97 bits per heavy atom. The third kappa shape index (κ3) is 4.52. The van der Waals surface area contributed by atoms with Gasteiger partial charge in [-0.05, 0) is 22.3 Å². The average molecular weight is 437 g/mol. The summed E-state index contributed by atoms with van der Waals surface area (Å²) in [7, 11) is 1.81. The van der Waals surface area contributed by atoms with Gasteiger partial charge in [0.2, 0.25) is 0 Å². The van der Waals surface area contributed by atoms with Crippen LogP contribution in [0.5, 0.6) is 0 Å². The molecule has 4 aromatic rings. The third-order valence-corrected chi connectivity index (χ3v) is 6.67. The van der Waals surface area contributed by atoms with Crippen LogP contribution in [-0.2, 0) is 31.0 Å². The molecule has 0 aliphatic carbocycles. The topological polar surface area (TPSA) is 17.4 Å². The van der Waals surface area contributed by atoms with Gasteiger partial charge in [-0.3, -0.25) is 4.90 Å². The van der Waals surface area contributed by atoms with Crippen molar-refractivity contribution < 1.29 is 4.74 Å². The van der Waals surface area contributed by atoms with Crippen molar-refractivity contribution in [2.45, 2.75) is 39.1 Å². The van der Waals surface area contributed by atoms with Crippen LogP contribution in [0.1, 0.15) is 40.8 Å². The van der Waals surface area contributed by atoms with Gasteiger partial charge < -0.3 is 9.30 Å². The Balaban J connectivity index is 1.62. The summed E-state index contributed by atoms with van der Waals surface area (Å²) in [5, 5.41) is 0. The van der Waals surface area contributed by atoms with Gasteiger partial charge >= 0.3 is 0 Å². The Morgan fingerprint density at radius 1 is 0.788 bits per heavy atom. The highest BCUT2D eigenvalue weighted by atomic mass is 16.5. The summed E-state index contributed by atoms with van der Waals surface area (Å²) in [6.45, 7) is 6.86. The first-order valence-electron chi connectivity index (χ1n) is 11.8. The van der Waals surface area contributed by atoms with Crippen molar-refractivity contribution in [3.05, 3.63) is 119 Å². The molecule has 0 radical (unpaired) electrons. The lowest BCUT2D eigenvalue weighted by atomic mass is 9.94. The fourth-order valence-corrected chi connectivity index (χ4v) is 5.36. The second kappa shape index (κ2) is 9.78. The van der Waals surface area contributed by atoms with Crippen LogP contribution < -0.4 is 0 Å². The van der Waals surface area contributed by atoms with E-state index in [0.717, 1.165) is 26.2 Å². The first-order chi connectivity index (χ1) is 16.2. The summed E-state index contributed by atoms with van der Waals surface area (Å²) in [6.07, 6.45) is 0. The van der Waals surface area contributed by atoms with Crippen molar-refractivity contribution in [1.82, 2.24) is 9.47 Å². The molecule has 1 unspecified atom stereocenters. The second-order valence-electron chi connectivity index (χ2n) is 9.12. The molecule has 3 aromatic carbocycles. The highest BCUT2D eigenvalue weighted by Crippen LogP contribution is 2.40. The Kier molecular flexibility index (Phi) is 6.43. The largest absolute Gasteiger partial charge is 0.380 e.